The number of ether oxygens (including phenoxy) is 3. The second-order valence-electron chi connectivity index (χ2n) is 8.31. The average Bonchev–Trinajstić information content (AvgIpc) is 3.10. The predicted molar refractivity (Wildman–Crippen MR) is 118 cm³/mol. The Bertz CT molecular complexity index is 1090. The van der Waals surface area contributed by atoms with E-state index in [1.165, 1.54) is 5.56 Å². The molecule has 4 rings (SSSR count). The summed E-state index contributed by atoms with van der Waals surface area (Å²) in [5.41, 5.74) is 3.05. The molecule has 1 saturated carbocycles. The van der Waals surface area contributed by atoms with E-state index in [4.69, 9.17) is 14.2 Å². The van der Waals surface area contributed by atoms with Gasteiger partial charge >= 0.3 is 0 Å². The smallest absolute Gasteiger partial charge is 0.248 e. The lowest BCUT2D eigenvalue weighted by molar-refractivity contribution is -0.202. The highest BCUT2D eigenvalue weighted by molar-refractivity contribution is 5.79. The van der Waals surface area contributed by atoms with Gasteiger partial charge < -0.3 is 19.2 Å². The number of fused-ring (bicyclic) bond motifs is 1. The molecular weight excluding hydrogens is 378 g/mol. The van der Waals surface area contributed by atoms with Crippen molar-refractivity contribution in [1.82, 2.24) is 4.98 Å². The van der Waals surface area contributed by atoms with Gasteiger partial charge in [0.05, 0.1) is 0 Å². The number of methoxy groups -OCH3 is 2. The fourth-order valence-electron chi connectivity index (χ4n) is 4.63. The molecule has 1 N–H and O–H groups in total. The van der Waals surface area contributed by atoms with Crippen molar-refractivity contribution in [3.8, 4) is 5.75 Å². The molecule has 3 unspecified atom stereocenters. The minimum absolute atomic E-state index is 0.0940. The summed E-state index contributed by atoms with van der Waals surface area (Å²) in [5, 5.41) is 0.992. The summed E-state index contributed by atoms with van der Waals surface area (Å²) in [6, 6.07) is 17.7. The molecule has 3 aromatic rings. The van der Waals surface area contributed by atoms with Gasteiger partial charge in [0.15, 0.2) is 5.79 Å². The number of rotatable bonds is 6. The number of aromatic nitrogens is 1. The van der Waals surface area contributed by atoms with Gasteiger partial charge in [-0.05, 0) is 65.6 Å². The summed E-state index contributed by atoms with van der Waals surface area (Å²) >= 11 is 0. The first-order valence-corrected chi connectivity index (χ1v) is 10.4. The van der Waals surface area contributed by atoms with Crippen LogP contribution < -0.4 is 10.3 Å². The van der Waals surface area contributed by atoms with Gasteiger partial charge in [-0.1, -0.05) is 25.1 Å². The van der Waals surface area contributed by atoms with E-state index in [-0.39, 0.29) is 11.7 Å². The monoisotopic (exact) mass is 407 g/mol. The summed E-state index contributed by atoms with van der Waals surface area (Å²) in [7, 11) is 3.44. The molecule has 0 amide bonds. The van der Waals surface area contributed by atoms with Crippen LogP contribution in [0.25, 0.3) is 10.9 Å². The van der Waals surface area contributed by atoms with Gasteiger partial charge in [0.1, 0.15) is 11.9 Å². The van der Waals surface area contributed by atoms with Crippen molar-refractivity contribution >= 4 is 10.9 Å². The number of hydrogen-bond acceptors (Lipinski definition) is 4. The van der Waals surface area contributed by atoms with Crippen molar-refractivity contribution in [2.45, 2.75) is 44.5 Å². The maximum absolute atomic E-state index is 11.5. The zero-order valence-corrected chi connectivity index (χ0v) is 18.0. The van der Waals surface area contributed by atoms with E-state index in [1.807, 2.05) is 31.2 Å². The highest BCUT2D eigenvalue weighted by Gasteiger charge is 2.44. The fourth-order valence-corrected chi connectivity index (χ4v) is 4.63. The number of H-pyrrole nitrogens is 1. The van der Waals surface area contributed by atoms with Gasteiger partial charge in [-0.25, -0.2) is 0 Å². The molecule has 2 aromatic carbocycles. The molecule has 158 valence electrons. The van der Waals surface area contributed by atoms with Crippen LogP contribution in [-0.2, 0) is 9.47 Å². The Morgan fingerprint density at radius 3 is 2.57 bits per heavy atom. The number of pyridine rings is 1. The van der Waals surface area contributed by atoms with E-state index < -0.39 is 5.79 Å². The third-order valence-electron chi connectivity index (χ3n) is 6.41. The molecule has 0 spiro atoms. The van der Waals surface area contributed by atoms with Gasteiger partial charge in [-0.15, -0.1) is 0 Å². The van der Waals surface area contributed by atoms with E-state index in [2.05, 4.69) is 36.2 Å². The number of nitrogens with one attached hydrogen (secondary N) is 1. The van der Waals surface area contributed by atoms with Crippen molar-refractivity contribution in [2.24, 2.45) is 5.92 Å². The topological polar surface area (TPSA) is 60.6 Å². The highest BCUT2D eigenvalue weighted by Crippen LogP contribution is 2.47. The summed E-state index contributed by atoms with van der Waals surface area (Å²) in [6.45, 7) is 4.29. The Balaban J connectivity index is 1.53. The van der Waals surface area contributed by atoms with Crippen molar-refractivity contribution < 1.29 is 14.2 Å². The fraction of sp³-hybridized carbons (Fsp3) is 0.400. The average molecular weight is 408 g/mol. The zero-order valence-electron chi connectivity index (χ0n) is 18.0. The summed E-state index contributed by atoms with van der Waals surface area (Å²) in [5.74, 6) is 1.17. The lowest BCUT2D eigenvalue weighted by Gasteiger charge is -2.26. The standard InChI is InChI=1S/C25H29NO4/c1-16-14-25(28-3,29-4)15-22(16)19-6-5-7-21(13-19)30-17(2)18-8-10-23-20(12-18)9-11-24(27)26-23/h5-13,16-17,22H,14-15H2,1-4H3,(H,26,27). The van der Waals surface area contributed by atoms with Gasteiger partial charge in [0.25, 0.3) is 0 Å². The van der Waals surface area contributed by atoms with Gasteiger partial charge in [0, 0.05) is 38.6 Å². The molecule has 1 fully saturated rings. The number of aromatic amines is 1. The van der Waals surface area contributed by atoms with Gasteiger partial charge in [-0.2, -0.15) is 0 Å². The molecule has 1 aromatic heterocycles. The van der Waals surface area contributed by atoms with Crippen LogP contribution in [0.4, 0.5) is 0 Å². The van der Waals surface area contributed by atoms with Crippen molar-refractivity contribution in [1.29, 1.82) is 0 Å². The molecule has 0 radical (unpaired) electrons. The second-order valence-corrected chi connectivity index (χ2v) is 8.31. The summed E-state index contributed by atoms with van der Waals surface area (Å²) < 4.78 is 17.7. The van der Waals surface area contributed by atoms with Crippen LogP contribution in [0, 0.1) is 5.92 Å². The van der Waals surface area contributed by atoms with Crippen LogP contribution in [0.5, 0.6) is 5.75 Å². The van der Waals surface area contributed by atoms with E-state index in [0.717, 1.165) is 35.1 Å². The van der Waals surface area contributed by atoms with Gasteiger partial charge in [0.2, 0.25) is 5.56 Å². The minimum Gasteiger partial charge on any atom is -0.486 e. The van der Waals surface area contributed by atoms with Crippen LogP contribution in [-0.4, -0.2) is 25.0 Å². The van der Waals surface area contributed by atoms with E-state index in [1.54, 1.807) is 20.3 Å². The minimum atomic E-state index is -0.500. The number of hydrogen-bond donors (Lipinski definition) is 1. The first-order valence-electron chi connectivity index (χ1n) is 10.4. The molecule has 1 aliphatic rings. The molecule has 30 heavy (non-hydrogen) atoms. The van der Waals surface area contributed by atoms with Crippen LogP contribution >= 0.6 is 0 Å². The maximum Gasteiger partial charge on any atom is 0.248 e. The molecule has 1 aliphatic carbocycles. The first kappa shape index (κ1) is 20.6. The Morgan fingerprint density at radius 1 is 1.03 bits per heavy atom. The maximum atomic E-state index is 11.5. The molecule has 5 nitrogen and oxygen atoms in total. The second kappa shape index (κ2) is 8.25. The van der Waals surface area contributed by atoms with E-state index >= 15 is 0 Å². The van der Waals surface area contributed by atoms with Crippen molar-refractivity contribution in [2.75, 3.05) is 14.2 Å². The molecule has 0 bridgehead atoms. The SMILES string of the molecule is COC1(OC)CC(C)C(c2cccc(OC(C)c3ccc4[nH]c(=O)ccc4c3)c2)C1. The summed E-state index contributed by atoms with van der Waals surface area (Å²) in [6.07, 6.45) is 1.60. The summed E-state index contributed by atoms with van der Waals surface area (Å²) in [4.78, 5) is 14.3. The van der Waals surface area contributed by atoms with Crippen LogP contribution in [0.15, 0.2) is 59.4 Å². The van der Waals surface area contributed by atoms with Gasteiger partial charge in [-0.3, -0.25) is 4.79 Å². The molecule has 0 saturated heterocycles. The quantitative estimate of drug-likeness (QED) is 0.573. The lowest BCUT2D eigenvalue weighted by Crippen LogP contribution is -2.30. The molecule has 5 heteroatoms. The Labute approximate surface area is 177 Å². The Morgan fingerprint density at radius 2 is 1.83 bits per heavy atom. The zero-order chi connectivity index (χ0) is 21.3. The van der Waals surface area contributed by atoms with Crippen molar-refractivity contribution in [3.05, 3.63) is 76.1 Å². The molecule has 0 aliphatic heterocycles. The van der Waals surface area contributed by atoms with E-state index in [0.29, 0.717) is 11.8 Å². The number of benzene rings is 2. The predicted octanol–water partition coefficient (Wildman–Crippen LogP) is 5.17. The third-order valence-corrected chi connectivity index (χ3v) is 6.41. The first-order chi connectivity index (χ1) is 14.4. The highest BCUT2D eigenvalue weighted by atomic mass is 16.7. The Kier molecular flexibility index (Phi) is 5.67. The van der Waals surface area contributed by atoms with Crippen LogP contribution in [0.2, 0.25) is 0 Å². The van der Waals surface area contributed by atoms with Crippen molar-refractivity contribution in [3.63, 3.8) is 0 Å². The third kappa shape index (κ3) is 4.00. The Hall–Kier alpha value is -2.63. The molecular formula is C25H29NO4. The normalized spacial score (nSPS) is 21.6. The molecule has 1 heterocycles. The lowest BCUT2D eigenvalue weighted by atomic mass is 9.90. The largest absolute Gasteiger partial charge is 0.486 e. The van der Waals surface area contributed by atoms with Crippen LogP contribution in [0.1, 0.15) is 49.8 Å². The molecule has 3 atom stereocenters. The van der Waals surface area contributed by atoms with Crippen LogP contribution in [0.3, 0.4) is 0 Å². The van der Waals surface area contributed by atoms with E-state index in [9.17, 15) is 4.79 Å².